The van der Waals surface area contributed by atoms with Gasteiger partial charge in [0.25, 0.3) is 0 Å². The summed E-state index contributed by atoms with van der Waals surface area (Å²) in [4.78, 5) is -0.271. The zero-order valence-corrected chi connectivity index (χ0v) is 12.3. The molecule has 1 aliphatic carbocycles. The monoisotopic (exact) mass is 301 g/mol. The second kappa shape index (κ2) is 6.20. The number of rotatable bonds is 4. The first-order valence-electron chi connectivity index (χ1n) is 6.80. The summed E-state index contributed by atoms with van der Waals surface area (Å²) in [5.41, 5.74) is 0. The van der Waals surface area contributed by atoms with E-state index in [2.05, 4.69) is 0 Å². The Kier molecular flexibility index (Phi) is 4.78. The van der Waals surface area contributed by atoms with Gasteiger partial charge in [-0.2, -0.15) is 4.31 Å². The van der Waals surface area contributed by atoms with E-state index in [9.17, 15) is 12.8 Å². The molecule has 1 saturated carbocycles. The zero-order chi connectivity index (χ0) is 14.8. The smallest absolute Gasteiger partial charge is 0.245 e. The number of halogens is 1. The minimum absolute atomic E-state index is 0.123. The van der Waals surface area contributed by atoms with Crippen molar-refractivity contribution in [1.29, 1.82) is 0 Å². The van der Waals surface area contributed by atoms with E-state index in [1.54, 1.807) is 0 Å². The van der Waals surface area contributed by atoms with Crippen LogP contribution >= 0.6 is 0 Å². The Hall–Kier alpha value is -0.980. The summed E-state index contributed by atoms with van der Waals surface area (Å²) in [6.45, 7) is 0.149. The van der Waals surface area contributed by atoms with Gasteiger partial charge >= 0.3 is 0 Å². The van der Waals surface area contributed by atoms with Crippen LogP contribution in [0.3, 0.4) is 0 Å². The molecule has 0 bridgehead atoms. The molecule has 0 saturated heterocycles. The molecule has 2 rings (SSSR count). The van der Waals surface area contributed by atoms with Crippen LogP contribution in [0, 0.1) is 11.7 Å². The van der Waals surface area contributed by atoms with E-state index in [0.717, 1.165) is 18.9 Å². The van der Waals surface area contributed by atoms with Crippen molar-refractivity contribution in [2.45, 2.75) is 36.6 Å². The predicted octanol–water partition coefficient (Wildman–Crippen LogP) is 2.00. The van der Waals surface area contributed by atoms with Gasteiger partial charge in [0.1, 0.15) is 10.7 Å². The third-order valence-electron chi connectivity index (χ3n) is 4.08. The van der Waals surface area contributed by atoms with Crippen LogP contribution in [0.2, 0.25) is 0 Å². The summed E-state index contributed by atoms with van der Waals surface area (Å²) in [6, 6.07) is 5.32. The largest absolute Gasteiger partial charge is 0.396 e. The van der Waals surface area contributed by atoms with Crippen LogP contribution in [0.25, 0.3) is 0 Å². The first-order chi connectivity index (χ1) is 9.46. The first kappa shape index (κ1) is 15.4. The summed E-state index contributed by atoms with van der Waals surface area (Å²) in [7, 11) is -2.29. The number of hydrogen-bond donors (Lipinski definition) is 1. The van der Waals surface area contributed by atoms with Crippen LogP contribution in [0.15, 0.2) is 29.2 Å². The van der Waals surface area contributed by atoms with Gasteiger partial charge in [-0.25, -0.2) is 12.8 Å². The highest BCUT2D eigenvalue weighted by atomic mass is 32.2. The number of benzene rings is 1. The molecule has 0 radical (unpaired) electrons. The van der Waals surface area contributed by atoms with Crippen molar-refractivity contribution in [3.63, 3.8) is 0 Å². The molecule has 0 aliphatic heterocycles. The quantitative estimate of drug-likeness (QED) is 0.925. The van der Waals surface area contributed by atoms with E-state index >= 15 is 0 Å². The van der Waals surface area contributed by atoms with Crippen LogP contribution in [0.5, 0.6) is 0 Å². The third-order valence-corrected chi connectivity index (χ3v) is 6.03. The first-order valence-corrected chi connectivity index (χ1v) is 8.24. The summed E-state index contributed by atoms with van der Waals surface area (Å²) >= 11 is 0. The highest BCUT2D eigenvalue weighted by molar-refractivity contribution is 7.89. The Morgan fingerprint density at radius 1 is 1.25 bits per heavy atom. The number of nitrogens with zero attached hydrogens (tertiary/aromatic N) is 1. The van der Waals surface area contributed by atoms with Gasteiger partial charge in [-0.3, -0.25) is 0 Å². The number of aliphatic hydroxyl groups excluding tert-OH is 1. The van der Waals surface area contributed by atoms with Crippen LogP contribution in [0.4, 0.5) is 4.39 Å². The van der Waals surface area contributed by atoms with Crippen LogP contribution in [0.1, 0.15) is 25.7 Å². The molecule has 1 aromatic carbocycles. The zero-order valence-electron chi connectivity index (χ0n) is 11.5. The van der Waals surface area contributed by atoms with Gasteiger partial charge in [-0.15, -0.1) is 0 Å². The lowest BCUT2D eigenvalue weighted by molar-refractivity contribution is 0.159. The van der Waals surface area contributed by atoms with E-state index in [1.807, 2.05) is 0 Å². The maximum atomic E-state index is 13.7. The molecular formula is C14H20FNO3S. The average molecular weight is 301 g/mol. The number of aliphatic hydroxyl groups is 1. The van der Waals surface area contributed by atoms with E-state index in [1.165, 1.54) is 29.6 Å². The molecule has 1 fully saturated rings. The van der Waals surface area contributed by atoms with Crippen molar-refractivity contribution in [2.75, 3.05) is 13.7 Å². The second-order valence-corrected chi connectivity index (χ2v) is 7.27. The molecule has 4 nitrogen and oxygen atoms in total. The molecule has 0 unspecified atom stereocenters. The maximum Gasteiger partial charge on any atom is 0.245 e. The Balaban J connectivity index is 2.16. The summed E-state index contributed by atoms with van der Waals surface area (Å²) in [5, 5.41) is 9.11. The summed E-state index contributed by atoms with van der Waals surface area (Å²) in [5.74, 6) is -0.459. The predicted molar refractivity (Wildman–Crippen MR) is 74.2 cm³/mol. The molecule has 0 heterocycles. The van der Waals surface area contributed by atoms with Gasteiger partial charge in [-0.05, 0) is 43.7 Å². The Morgan fingerprint density at radius 2 is 1.85 bits per heavy atom. The van der Waals surface area contributed by atoms with E-state index < -0.39 is 15.8 Å². The molecule has 0 amide bonds. The van der Waals surface area contributed by atoms with Gasteiger partial charge < -0.3 is 5.11 Å². The molecule has 0 atom stereocenters. The van der Waals surface area contributed by atoms with Crippen molar-refractivity contribution in [1.82, 2.24) is 4.31 Å². The Labute approximate surface area is 119 Å². The Bertz CT molecular complexity index is 553. The van der Waals surface area contributed by atoms with Crippen molar-refractivity contribution in [2.24, 2.45) is 5.92 Å². The molecular weight excluding hydrogens is 281 g/mol. The van der Waals surface area contributed by atoms with Gasteiger partial charge in [0, 0.05) is 19.7 Å². The van der Waals surface area contributed by atoms with Gasteiger partial charge in [-0.1, -0.05) is 12.1 Å². The van der Waals surface area contributed by atoms with E-state index in [-0.39, 0.29) is 23.5 Å². The summed E-state index contributed by atoms with van der Waals surface area (Å²) in [6.07, 6.45) is 3.02. The number of hydrogen-bond acceptors (Lipinski definition) is 3. The minimum atomic E-state index is -3.80. The minimum Gasteiger partial charge on any atom is -0.396 e. The lowest BCUT2D eigenvalue weighted by Gasteiger charge is -2.33. The fourth-order valence-electron chi connectivity index (χ4n) is 2.70. The van der Waals surface area contributed by atoms with Crippen LogP contribution in [-0.4, -0.2) is 37.5 Å². The lowest BCUT2D eigenvalue weighted by Crippen LogP contribution is -2.40. The summed E-state index contributed by atoms with van der Waals surface area (Å²) < 4.78 is 39.8. The second-order valence-electron chi connectivity index (χ2n) is 5.31. The topological polar surface area (TPSA) is 57.6 Å². The van der Waals surface area contributed by atoms with E-state index in [4.69, 9.17) is 5.11 Å². The van der Waals surface area contributed by atoms with E-state index in [0.29, 0.717) is 12.8 Å². The fourth-order valence-corrected chi connectivity index (χ4v) is 4.17. The average Bonchev–Trinajstić information content (AvgIpc) is 2.47. The molecule has 20 heavy (non-hydrogen) atoms. The van der Waals surface area contributed by atoms with Crippen molar-refractivity contribution < 1.29 is 17.9 Å². The lowest BCUT2D eigenvalue weighted by atomic mass is 9.87. The molecule has 0 aromatic heterocycles. The normalized spacial score (nSPS) is 24.0. The third kappa shape index (κ3) is 3.02. The van der Waals surface area contributed by atoms with Gasteiger partial charge in [0.2, 0.25) is 10.0 Å². The fraction of sp³-hybridized carbons (Fsp3) is 0.571. The molecule has 112 valence electrons. The van der Waals surface area contributed by atoms with Crippen molar-refractivity contribution in [3.8, 4) is 0 Å². The molecule has 1 N–H and O–H groups in total. The molecule has 0 spiro atoms. The number of sulfonamides is 1. The maximum absolute atomic E-state index is 13.7. The Morgan fingerprint density at radius 3 is 2.40 bits per heavy atom. The molecule has 1 aromatic rings. The molecule has 6 heteroatoms. The van der Waals surface area contributed by atoms with Crippen molar-refractivity contribution in [3.05, 3.63) is 30.1 Å². The molecule has 1 aliphatic rings. The highest BCUT2D eigenvalue weighted by Crippen LogP contribution is 2.30. The van der Waals surface area contributed by atoms with Gasteiger partial charge in [0.15, 0.2) is 0 Å². The standard InChI is InChI=1S/C14H20FNO3S/c1-16(12-8-6-11(10-17)7-9-12)20(18,19)14-5-3-2-4-13(14)15/h2-5,11-12,17H,6-10H2,1H3. The van der Waals surface area contributed by atoms with Crippen LogP contribution in [-0.2, 0) is 10.0 Å². The van der Waals surface area contributed by atoms with Gasteiger partial charge in [0.05, 0.1) is 0 Å². The highest BCUT2D eigenvalue weighted by Gasteiger charge is 2.32. The SMILES string of the molecule is CN(C1CCC(CO)CC1)S(=O)(=O)c1ccccc1F. The van der Waals surface area contributed by atoms with Crippen LogP contribution < -0.4 is 0 Å². The van der Waals surface area contributed by atoms with Crippen molar-refractivity contribution >= 4 is 10.0 Å².